The Balaban J connectivity index is 1.65. The summed E-state index contributed by atoms with van der Waals surface area (Å²) in [5.41, 5.74) is 2.45. The molecule has 0 aliphatic carbocycles. The molecule has 0 amide bonds. The van der Waals surface area contributed by atoms with Crippen LogP contribution in [-0.2, 0) is 0 Å². The lowest BCUT2D eigenvalue weighted by atomic mass is 9.93. The number of hydrogen-bond donors (Lipinski definition) is 0. The van der Waals surface area contributed by atoms with E-state index in [9.17, 15) is 8.78 Å². The van der Waals surface area contributed by atoms with Gasteiger partial charge in [-0.3, -0.25) is 4.98 Å². The van der Waals surface area contributed by atoms with Crippen molar-refractivity contribution < 1.29 is 13.5 Å². The maximum atomic E-state index is 14.4. The third kappa shape index (κ3) is 2.20. The van der Waals surface area contributed by atoms with Crippen LogP contribution in [0.3, 0.4) is 0 Å². The van der Waals surface area contributed by atoms with Crippen LogP contribution in [0.25, 0.3) is 54.5 Å². The maximum absolute atomic E-state index is 14.4. The highest BCUT2D eigenvalue weighted by Crippen LogP contribution is 2.48. The van der Waals surface area contributed by atoms with Gasteiger partial charge in [-0.2, -0.15) is 0 Å². The van der Waals surface area contributed by atoms with Crippen LogP contribution in [-0.4, -0.2) is 9.97 Å². The summed E-state index contributed by atoms with van der Waals surface area (Å²) in [7, 11) is 0. The van der Waals surface area contributed by atoms with Gasteiger partial charge in [-0.15, -0.1) is 0 Å². The molecule has 146 valence electrons. The number of fused-ring (bicyclic) bond motifs is 7. The highest BCUT2D eigenvalue weighted by atomic mass is 19.1. The van der Waals surface area contributed by atoms with Gasteiger partial charge in [0.25, 0.3) is 0 Å². The normalized spacial score (nSPS) is 12.5. The lowest BCUT2D eigenvalue weighted by Gasteiger charge is -2.21. The van der Waals surface area contributed by atoms with Crippen molar-refractivity contribution in [3.8, 4) is 22.9 Å². The first-order chi connectivity index (χ1) is 15.2. The van der Waals surface area contributed by atoms with Crippen LogP contribution in [0.2, 0.25) is 0 Å². The molecule has 2 aromatic heterocycles. The Kier molecular flexibility index (Phi) is 3.08. The molecule has 4 aromatic carbocycles. The summed E-state index contributed by atoms with van der Waals surface area (Å²) in [6, 6.07) is 19.5. The van der Waals surface area contributed by atoms with E-state index in [4.69, 9.17) is 9.72 Å². The average Bonchev–Trinajstić information content (AvgIpc) is 2.78. The van der Waals surface area contributed by atoms with Gasteiger partial charge in [-0.05, 0) is 51.9 Å². The molecule has 0 bridgehead atoms. The van der Waals surface area contributed by atoms with Crippen molar-refractivity contribution in [3.63, 3.8) is 0 Å². The van der Waals surface area contributed by atoms with Crippen molar-refractivity contribution in [2.24, 2.45) is 0 Å². The SMILES string of the molecule is Fc1cc(F)c2ccc3c4ccnc5c4c(cc3c2c1)Oc1nc2ccccc2cc1-5. The van der Waals surface area contributed by atoms with Gasteiger partial charge >= 0.3 is 0 Å². The number of rotatable bonds is 0. The molecule has 6 aromatic rings. The predicted octanol–water partition coefficient (Wildman–Crippen LogP) is 7.14. The van der Waals surface area contributed by atoms with Crippen LogP contribution >= 0.6 is 0 Å². The summed E-state index contributed by atoms with van der Waals surface area (Å²) in [4.78, 5) is 9.33. The van der Waals surface area contributed by atoms with Gasteiger partial charge in [0.05, 0.1) is 22.2 Å². The molecule has 1 aliphatic rings. The predicted molar refractivity (Wildman–Crippen MR) is 117 cm³/mol. The minimum absolute atomic E-state index is 0.370. The van der Waals surface area contributed by atoms with Gasteiger partial charge in [0.1, 0.15) is 17.4 Å². The molecule has 0 spiro atoms. The molecule has 0 radical (unpaired) electrons. The first-order valence-corrected chi connectivity index (χ1v) is 9.88. The van der Waals surface area contributed by atoms with Crippen LogP contribution in [0.15, 0.2) is 72.9 Å². The Morgan fingerprint density at radius 3 is 2.52 bits per heavy atom. The molecule has 3 heterocycles. The molecule has 0 saturated heterocycles. The van der Waals surface area contributed by atoms with Crippen LogP contribution in [0.1, 0.15) is 0 Å². The second-order valence-corrected chi connectivity index (χ2v) is 7.74. The minimum Gasteiger partial charge on any atom is -0.438 e. The lowest BCUT2D eigenvalue weighted by Crippen LogP contribution is -2.02. The standard InChI is InChI=1S/C26H12F2N2O/c27-14-10-18-16(21(28)11-14)6-5-15-17-7-8-29-25-20-9-13-3-1-2-4-22(13)30-26(20)31-23(24(17)25)12-19(15)18/h1-12H. The smallest absolute Gasteiger partial charge is 0.229 e. The second kappa shape index (κ2) is 5.73. The zero-order chi connectivity index (χ0) is 20.7. The molecule has 0 fully saturated rings. The molecular formula is C26H12F2N2O. The molecule has 0 saturated carbocycles. The Morgan fingerprint density at radius 2 is 1.58 bits per heavy atom. The van der Waals surface area contributed by atoms with Gasteiger partial charge < -0.3 is 4.74 Å². The summed E-state index contributed by atoms with van der Waals surface area (Å²) in [6.07, 6.45) is 1.75. The summed E-state index contributed by atoms with van der Waals surface area (Å²) >= 11 is 0. The lowest BCUT2D eigenvalue weighted by molar-refractivity contribution is 0.469. The van der Waals surface area contributed by atoms with Crippen LogP contribution < -0.4 is 4.74 Å². The summed E-state index contributed by atoms with van der Waals surface area (Å²) in [5, 5.41) is 5.28. The average molecular weight is 406 g/mol. The van der Waals surface area contributed by atoms with E-state index in [2.05, 4.69) is 4.98 Å². The van der Waals surface area contributed by atoms with Crippen LogP contribution in [0, 0.1) is 11.6 Å². The van der Waals surface area contributed by atoms with Crippen molar-refractivity contribution in [3.05, 3.63) is 84.6 Å². The number of benzene rings is 4. The highest BCUT2D eigenvalue weighted by molar-refractivity contribution is 6.21. The van der Waals surface area contributed by atoms with E-state index in [0.29, 0.717) is 22.4 Å². The fourth-order valence-corrected chi connectivity index (χ4v) is 4.64. The third-order valence-corrected chi connectivity index (χ3v) is 6.01. The number of halogens is 2. The van der Waals surface area contributed by atoms with Crippen LogP contribution in [0.4, 0.5) is 8.78 Å². The van der Waals surface area contributed by atoms with Crippen molar-refractivity contribution in [1.29, 1.82) is 0 Å². The molecule has 31 heavy (non-hydrogen) atoms. The monoisotopic (exact) mass is 406 g/mol. The number of aromatic nitrogens is 2. The molecular weight excluding hydrogens is 394 g/mol. The Bertz CT molecular complexity index is 1740. The maximum Gasteiger partial charge on any atom is 0.229 e. The first-order valence-electron chi connectivity index (χ1n) is 9.88. The van der Waals surface area contributed by atoms with Gasteiger partial charge in [0.15, 0.2) is 0 Å². The van der Waals surface area contributed by atoms with E-state index in [1.165, 1.54) is 6.07 Å². The van der Waals surface area contributed by atoms with Gasteiger partial charge in [0, 0.05) is 23.0 Å². The molecule has 3 nitrogen and oxygen atoms in total. The molecule has 0 atom stereocenters. The quantitative estimate of drug-likeness (QED) is 0.251. The van der Waals surface area contributed by atoms with E-state index < -0.39 is 11.6 Å². The van der Waals surface area contributed by atoms with E-state index in [-0.39, 0.29) is 0 Å². The number of pyridine rings is 2. The molecule has 5 heteroatoms. The van der Waals surface area contributed by atoms with Gasteiger partial charge in [-0.25, -0.2) is 13.8 Å². The van der Waals surface area contributed by atoms with Crippen molar-refractivity contribution in [1.82, 2.24) is 9.97 Å². The van der Waals surface area contributed by atoms with Crippen molar-refractivity contribution in [2.75, 3.05) is 0 Å². The number of ether oxygens (including phenoxy) is 1. The zero-order valence-electron chi connectivity index (χ0n) is 16.0. The largest absolute Gasteiger partial charge is 0.438 e. The van der Waals surface area contributed by atoms with E-state index in [1.807, 2.05) is 48.5 Å². The van der Waals surface area contributed by atoms with Gasteiger partial charge in [0.2, 0.25) is 5.88 Å². The van der Waals surface area contributed by atoms with Gasteiger partial charge in [-0.1, -0.05) is 30.3 Å². The van der Waals surface area contributed by atoms with Crippen LogP contribution in [0.5, 0.6) is 11.6 Å². The van der Waals surface area contributed by atoms with E-state index in [1.54, 1.807) is 12.3 Å². The Hall–Kier alpha value is -4.12. The van der Waals surface area contributed by atoms with Crippen molar-refractivity contribution >= 4 is 43.2 Å². The summed E-state index contributed by atoms with van der Waals surface area (Å²) in [6.45, 7) is 0. The number of nitrogens with zero attached hydrogens (tertiary/aromatic N) is 2. The van der Waals surface area contributed by atoms with Crippen molar-refractivity contribution in [2.45, 2.75) is 0 Å². The highest BCUT2D eigenvalue weighted by Gasteiger charge is 2.25. The number of para-hydroxylation sites is 1. The first kappa shape index (κ1) is 16.7. The second-order valence-electron chi connectivity index (χ2n) is 7.74. The fraction of sp³-hybridized carbons (Fsp3) is 0. The summed E-state index contributed by atoms with van der Waals surface area (Å²) < 4.78 is 34.7. The third-order valence-electron chi connectivity index (χ3n) is 6.01. The molecule has 7 rings (SSSR count). The summed E-state index contributed by atoms with van der Waals surface area (Å²) in [5.74, 6) is -0.136. The molecule has 1 aliphatic heterocycles. The Morgan fingerprint density at radius 1 is 0.742 bits per heavy atom. The zero-order valence-corrected chi connectivity index (χ0v) is 16.0. The minimum atomic E-state index is -0.610. The molecule has 0 N–H and O–H groups in total. The molecule has 0 unspecified atom stereocenters. The number of hydrogen-bond acceptors (Lipinski definition) is 3. The fourth-order valence-electron chi connectivity index (χ4n) is 4.64. The topological polar surface area (TPSA) is 35.0 Å². The van der Waals surface area contributed by atoms with E-state index >= 15 is 0 Å². The van der Waals surface area contributed by atoms with E-state index in [0.717, 1.165) is 49.8 Å². The Labute approximate surface area is 174 Å².